The van der Waals surface area contributed by atoms with Crippen LogP contribution < -0.4 is 0 Å². The van der Waals surface area contributed by atoms with Gasteiger partial charge < -0.3 is 4.74 Å². The molecule has 0 radical (unpaired) electrons. The van der Waals surface area contributed by atoms with Crippen molar-refractivity contribution in [3.05, 3.63) is 0 Å². The molecule has 3 nitrogen and oxygen atoms in total. The molecule has 0 unspecified atom stereocenters. The molecule has 0 bridgehead atoms. The second kappa shape index (κ2) is 5.23. The Kier molecular flexibility index (Phi) is 4.94. The van der Waals surface area contributed by atoms with Crippen LogP contribution >= 0.6 is 0 Å². The highest BCUT2D eigenvalue weighted by Gasteiger charge is 1.98. The Labute approximate surface area is 62.0 Å². The van der Waals surface area contributed by atoms with Crippen LogP contribution in [0.15, 0.2) is 0 Å². The highest BCUT2D eigenvalue weighted by Crippen LogP contribution is 1.87. The van der Waals surface area contributed by atoms with Crippen LogP contribution in [0.1, 0.15) is 20.8 Å². The minimum Gasteiger partial charge on any atom is -0.450 e. The Hall–Kier alpha value is -0.570. The maximum absolute atomic E-state index is 10.3. The topological polar surface area (TPSA) is 29.5 Å². The maximum Gasteiger partial charge on any atom is 0.303 e. The second-order valence-electron chi connectivity index (χ2n) is 2.07. The first-order valence-corrected chi connectivity index (χ1v) is 3.56. The van der Waals surface area contributed by atoms with Crippen molar-refractivity contribution in [1.29, 1.82) is 0 Å². The first-order chi connectivity index (χ1) is 4.70. The zero-order valence-corrected chi connectivity index (χ0v) is 6.89. The van der Waals surface area contributed by atoms with Crippen molar-refractivity contribution >= 4 is 5.97 Å². The summed E-state index contributed by atoms with van der Waals surface area (Å²) in [5, 5.41) is 0. The summed E-state index contributed by atoms with van der Waals surface area (Å²) in [7, 11) is 0. The van der Waals surface area contributed by atoms with Gasteiger partial charge in [0.1, 0.15) is 6.73 Å². The molecular formula is C7H15NO2. The fraction of sp³-hybridized carbons (Fsp3) is 0.857. The molecular weight excluding hydrogens is 130 g/mol. The SMILES string of the molecule is CCN(CC)COC(C)=O. The van der Waals surface area contributed by atoms with Gasteiger partial charge in [0.2, 0.25) is 0 Å². The van der Waals surface area contributed by atoms with Gasteiger partial charge >= 0.3 is 5.97 Å². The molecule has 0 aliphatic heterocycles. The predicted molar refractivity (Wildman–Crippen MR) is 39.6 cm³/mol. The van der Waals surface area contributed by atoms with Crippen LogP contribution in [-0.2, 0) is 9.53 Å². The fourth-order valence-electron chi connectivity index (χ4n) is 0.588. The molecule has 0 saturated carbocycles. The average Bonchev–Trinajstić information content (AvgIpc) is 1.90. The molecule has 0 fully saturated rings. The average molecular weight is 145 g/mol. The molecule has 0 atom stereocenters. The molecule has 3 heteroatoms. The summed E-state index contributed by atoms with van der Waals surface area (Å²) < 4.78 is 4.77. The number of rotatable bonds is 4. The van der Waals surface area contributed by atoms with Crippen molar-refractivity contribution in [2.45, 2.75) is 20.8 Å². The van der Waals surface area contributed by atoms with Crippen LogP contribution in [-0.4, -0.2) is 30.7 Å². The van der Waals surface area contributed by atoms with Crippen LogP contribution in [0.4, 0.5) is 0 Å². The van der Waals surface area contributed by atoms with Crippen molar-refractivity contribution in [3.8, 4) is 0 Å². The lowest BCUT2D eigenvalue weighted by atomic mass is 10.6. The lowest BCUT2D eigenvalue weighted by Crippen LogP contribution is -2.26. The van der Waals surface area contributed by atoms with E-state index in [2.05, 4.69) is 0 Å². The van der Waals surface area contributed by atoms with E-state index in [0.29, 0.717) is 6.73 Å². The van der Waals surface area contributed by atoms with E-state index in [9.17, 15) is 4.79 Å². The third-order valence-corrected chi connectivity index (χ3v) is 1.34. The highest BCUT2D eigenvalue weighted by atomic mass is 16.5. The quantitative estimate of drug-likeness (QED) is 0.434. The lowest BCUT2D eigenvalue weighted by Gasteiger charge is -2.16. The summed E-state index contributed by atoms with van der Waals surface area (Å²) in [6.45, 7) is 7.75. The van der Waals surface area contributed by atoms with Gasteiger partial charge in [0.05, 0.1) is 0 Å². The van der Waals surface area contributed by atoms with Crippen LogP contribution in [0.2, 0.25) is 0 Å². The summed E-state index contributed by atoms with van der Waals surface area (Å²) in [4.78, 5) is 12.4. The molecule has 0 aliphatic carbocycles. The van der Waals surface area contributed by atoms with Crippen molar-refractivity contribution in [2.24, 2.45) is 0 Å². The normalized spacial score (nSPS) is 10.0. The molecule has 0 heterocycles. The van der Waals surface area contributed by atoms with Crippen LogP contribution in [0.5, 0.6) is 0 Å². The summed E-state index contributed by atoms with van der Waals surface area (Å²) in [5.74, 6) is -0.216. The molecule has 0 aromatic rings. The number of hydrogen-bond donors (Lipinski definition) is 0. The van der Waals surface area contributed by atoms with Crippen LogP contribution in [0, 0.1) is 0 Å². The maximum atomic E-state index is 10.3. The summed E-state index contributed by atoms with van der Waals surface area (Å²) in [6.07, 6.45) is 0. The third kappa shape index (κ3) is 4.32. The van der Waals surface area contributed by atoms with E-state index in [1.165, 1.54) is 6.92 Å². The van der Waals surface area contributed by atoms with Crippen molar-refractivity contribution in [3.63, 3.8) is 0 Å². The van der Waals surface area contributed by atoms with Crippen molar-refractivity contribution < 1.29 is 9.53 Å². The van der Waals surface area contributed by atoms with Gasteiger partial charge in [-0.3, -0.25) is 9.69 Å². The Morgan fingerprint density at radius 2 is 1.90 bits per heavy atom. The van der Waals surface area contributed by atoms with E-state index in [1.54, 1.807) is 0 Å². The van der Waals surface area contributed by atoms with E-state index >= 15 is 0 Å². The Morgan fingerprint density at radius 3 is 2.20 bits per heavy atom. The summed E-state index contributed by atoms with van der Waals surface area (Å²) in [6, 6.07) is 0. The summed E-state index contributed by atoms with van der Waals surface area (Å²) >= 11 is 0. The van der Waals surface area contributed by atoms with Gasteiger partial charge in [-0.15, -0.1) is 0 Å². The number of carbonyl (C=O) groups is 1. The number of carbonyl (C=O) groups excluding carboxylic acids is 1. The van der Waals surface area contributed by atoms with Crippen molar-refractivity contribution in [2.75, 3.05) is 19.8 Å². The molecule has 0 rings (SSSR count). The monoisotopic (exact) mass is 145 g/mol. The second-order valence-corrected chi connectivity index (χ2v) is 2.07. The van der Waals surface area contributed by atoms with E-state index in [1.807, 2.05) is 18.7 Å². The molecule has 0 aromatic heterocycles. The number of nitrogens with zero attached hydrogens (tertiary/aromatic N) is 1. The van der Waals surface area contributed by atoms with Gasteiger partial charge in [-0.1, -0.05) is 13.8 Å². The summed E-state index contributed by atoms with van der Waals surface area (Å²) in [5.41, 5.74) is 0. The van der Waals surface area contributed by atoms with E-state index in [-0.39, 0.29) is 5.97 Å². The van der Waals surface area contributed by atoms with Gasteiger partial charge in [0, 0.05) is 6.92 Å². The van der Waals surface area contributed by atoms with Crippen molar-refractivity contribution in [1.82, 2.24) is 4.90 Å². The van der Waals surface area contributed by atoms with Gasteiger partial charge in [-0.05, 0) is 13.1 Å². The number of esters is 1. The molecule has 0 N–H and O–H groups in total. The fourth-order valence-corrected chi connectivity index (χ4v) is 0.588. The van der Waals surface area contributed by atoms with E-state index < -0.39 is 0 Å². The van der Waals surface area contributed by atoms with E-state index in [0.717, 1.165) is 13.1 Å². The Morgan fingerprint density at radius 1 is 1.40 bits per heavy atom. The lowest BCUT2D eigenvalue weighted by molar-refractivity contribution is -0.145. The zero-order valence-electron chi connectivity index (χ0n) is 6.89. The Bertz CT molecular complexity index is 99.8. The minimum atomic E-state index is -0.216. The molecule has 0 amide bonds. The van der Waals surface area contributed by atoms with Gasteiger partial charge in [0.15, 0.2) is 0 Å². The molecule has 0 spiro atoms. The highest BCUT2D eigenvalue weighted by molar-refractivity contribution is 5.65. The molecule has 60 valence electrons. The van der Waals surface area contributed by atoms with Crippen LogP contribution in [0.3, 0.4) is 0 Å². The minimum absolute atomic E-state index is 0.216. The molecule has 10 heavy (non-hydrogen) atoms. The third-order valence-electron chi connectivity index (χ3n) is 1.34. The number of hydrogen-bond acceptors (Lipinski definition) is 3. The number of ether oxygens (including phenoxy) is 1. The first-order valence-electron chi connectivity index (χ1n) is 3.56. The predicted octanol–water partition coefficient (Wildman–Crippen LogP) is 0.849. The first kappa shape index (κ1) is 9.43. The molecule has 0 saturated heterocycles. The smallest absolute Gasteiger partial charge is 0.303 e. The largest absolute Gasteiger partial charge is 0.450 e. The zero-order chi connectivity index (χ0) is 7.98. The van der Waals surface area contributed by atoms with Gasteiger partial charge in [0.25, 0.3) is 0 Å². The van der Waals surface area contributed by atoms with Gasteiger partial charge in [-0.25, -0.2) is 0 Å². The van der Waals surface area contributed by atoms with E-state index in [4.69, 9.17) is 4.74 Å². The van der Waals surface area contributed by atoms with Gasteiger partial charge in [-0.2, -0.15) is 0 Å². The molecule has 0 aliphatic rings. The standard InChI is InChI=1S/C7H15NO2/c1-4-8(5-2)6-10-7(3)9/h4-6H2,1-3H3. The van der Waals surface area contributed by atoms with Crippen LogP contribution in [0.25, 0.3) is 0 Å². The molecule has 0 aromatic carbocycles. The Balaban J connectivity index is 3.34.